The first-order valence-corrected chi connectivity index (χ1v) is 7.36. The first-order chi connectivity index (χ1) is 7.31. The Balaban J connectivity index is 4.66. The van der Waals surface area contributed by atoms with Crippen LogP contribution >= 0.6 is 62.3 Å². The molecule has 1 nitrogen and oxygen atoms in total. The van der Waals surface area contributed by atoms with Crippen molar-refractivity contribution in [1.82, 2.24) is 0 Å². The SMILES string of the molecule is CC(O)(/C=C/Cl)C(Cl)/C=C/C(Cl)(CCl)CBr. The number of hydrogen-bond acceptors (Lipinski definition) is 1. The molecular formula is C10H13BrCl4O. The molecule has 0 aromatic rings. The van der Waals surface area contributed by atoms with Gasteiger partial charge in [0.05, 0.1) is 10.3 Å². The summed E-state index contributed by atoms with van der Waals surface area (Å²) in [6.07, 6.45) is 4.68. The fourth-order valence-corrected chi connectivity index (χ4v) is 2.07. The molecule has 1 N–H and O–H groups in total. The fourth-order valence-electron chi connectivity index (χ4n) is 0.796. The zero-order valence-electron chi connectivity index (χ0n) is 8.64. The minimum Gasteiger partial charge on any atom is -0.384 e. The summed E-state index contributed by atoms with van der Waals surface area (Å²) in [7, 11) is 0. The van der Waals surface area contributed by atoms with Crippen molar-refractivity contribution in [3.63, 3.8) is 0 Å². The van der Waals surface area contributed by atoms with Crippen molar-refractivity contribution in [1.29, 1.82) is 0 Å². The molecule has 0 aliphatic carbocycles. The zero-order chi connectivity index (χ0) is 12.8. The van der Waals surface area contributed by atoms with E-state index in [0.29, 0.717) is 5.33 Å². The average molecular weight is 371 g/mol. The summed E-state index contributed by atoms with van der Waals surface area (Å²) < 4.78 is 0. The van der Waals surface area contributed by atoms with Gasteiger partial charge in [0.2, 0.25) is 0 Å². The second-order valence-electron chi connectivity index (χ2n) is 3.58. The summed E-state index contributed by atoms with van der Waals surface area (Å²) in [5, 5.41) is 9.75. The molecule has 0 aromatic heterocycles. The highest BCUT2D eigenvalue weighted by Gasteiger charge is 2.27. The molecule has 0 heterocycles. The highest BCUT2D eigenvalue weighted by Crippen LogP contribution is 2.25. The van der Waals surface area contributed by atoms with Crippen LogP contribution in [0.25, 0.3) is 0 Å². The lowest BCUT2D eigenvalue weighted by Crippen LogP contribution is -2.32. The van der Waals surface area contributed by atoms with Crippen LogP contribution in [-0.4, -0.2) is 32.2 Å². The Morgan fingerprint density at radius 2 is 2.00 bits per heavy atom. The van der Waals surface area contributed by atoms with E-state index in [1.807, 2.05) is 0 Å². The second kappa shape index (κ2) is 7.50. The van der Waals surface area contributed by atoms with E-state index in [-0.39, 0.29) is 5.88 Å². The standard InChI is InChI=1S/C10H13BrCl4O/c1-9(16,4-5-12)8(14)2-3-10(15,6-11)7-13/h2-5,8,16H,6-7H2,1H3/b3-2+,5-4+. The number of allylic oxidation sites excluding steroid dienone is 1. The monoisotopic (exact) mass is 368 g/mol. The van der Waals surface area contributed by atoms with Gasteiger partial charge >= 0.3 is 0 Å². The van der Waals surface area contributed by atoms with Crippen LogP contribution in [0.1, 0.15) is 6.92 Å². The molecule has 16 heavy (non-hydrogen) atoms. The molecule has 0 aliphatic heterocycles. The molecule has 0 amide bonds. The second-order valence-corrected chi connectivity index (χ2v) is 5.88. The minimum absolute atomic E-state index is 0.243. The lowest BCUT2D eigenvalue weighted by atomic mass is 10.0. The van der Waals surface area contributed by atoms with E-state index < -0.39 is 15.9 Å². The summed E-state index contributed by atoms with van der Waals surface area (Å²) in [5.41, 5.74) is -0.000562. The van der Waals surface area contributed by atoms with Crippen LogP contribution in [0.3, 0.4) is 0 Å². The average Bonchev–Trinajstić information content (AvgIpc) is 2.25. The van der Waals surface area contributed by atoms with Gasteiger partial charge in [-0.1, -0.05) is 39.7 Å². The maximum Gasteiger partial charge on any atom is 0.101 e. The van der Waals surface area contributed by atoms with Gasteiger partial charge in [0.1, 0.15) is 5.60 Å². The number of halogens is 5. The molecule has 3 atom stereocenters. The highest BCUT2D eigenvalue weighted by atomic mass is 79.9. The van der Waals surface area contributed by atoms with Gasteiger partial charge in [0, 0.05) is 16.7 Å². The molecule has 6 heteroatoms. The van der Waals surface area contributed by atoms with Crippen LogP contribution in [0, 0.1) is 0 Å². The summed E-state index contributed by atoms with van der Waals surface area (Å²) in [6, 6.07) is 0. The predicted octanol–water partition coefficient (Wildman–Crippen LogP) is 4.26. The Morgan fingerprint density at radius 3 is 2.38 bits per heavy atom. The topological polar surface area (TPSA) is 20.2 Å². The van der Waals surface area contributed by atoms with Gasteiger partial charge in [-0.15, -0.1) is 34.8 Å². The molecule has 0 aromatic carbocycles. The van der Waals surface area contributed by atoms with E-state index in [4.69, 9.17) is 46.4 Å². The Morgan fingerprint density at radius 1 is 1.44 bits per heavy atom. The van der Waals surface area contributed by atoms with Crippen molar-refractivity contribution in [2.75, 3.05) is 11.2 Å². The molecule has 0 fully saturated rings. The van der Waals surface area contributed by atoms with Gasteiger partial charge in [-0.05, 0) is 13.0 Å². The summed E-state index contributed by atoms with van der Waals surface area (Å²) in [4.78, 5) is -0.699. The van der Waals surface area contributed by atoms with E-state index in [1.54, 1.807) is 19.1 Å². The fraction of sp³-hybridized carbons (Fsp3) is 0.600. The largest absolute Gasteiger partial charge is 0.384 e. The molecule has 0 bridgehead atoms. The van der Waals surface area contributed by atoms with Gasteiger partial charge in [-0.3, -0.25) is 0 Å². The number of alkyl halides is 4. The number of hydrogen-bond donors (Lipinski definition) is 1. The van der Waals surface area contributed by atoms with E-state index in [1.165, 1.54) is 11.6 Å². The van der Waals surface area contributed by atoms with E-state index in [2.05, 4.69) is 15.9 Å². The third-order valence-corrected chi connectivity index (χ3v) is 5.01. The van der Waals surface area contributed by atoms with Crippen LogP contribution < -0.4 is 0 Å². The van der Waals surface area contributed by atoms with Crippen molar-refractivity contribution in [3.8, 4) is 0 Å². The summed E-state index contributed by atoms with van der Waals surface area (Å²) >= 11 is 26.5. The summed E-state index contributed by atoms with van der Waals surface area (Å²) in [6.45, 7) is 1.55. The van der Waals surface area contributed by atoms with Crippen LogP contribution in [0.15, 0.2) is 23.8 Å². The van der Waals surface area contributed by atoms with Crippen LogP contribution in [-0.2, 0) is 0 Å². The normalized spacial score (nSPS) is 22.2. The van der Waals surface area contributed by atoms with Gasteiger partial charge in [-0.2, -0.15) is 0 Å². The molecule has 0 radical (unpaired) electrons. The van der Waals surface area contributed by atoms with Crippen molar-refractivity contribution in [3.05, 3.63) is 23.8 Å². The Bertz CT molecular complexity index is 262. The maximum atomic E-state index is 9.88. The van der Waals surface area contributed by atoms with Gasteiger partial charge in [0.15, 0.2) is 0 Å². The molecule has 3 unspecified atom stereocenters. The van der Waals surface area contributed by atoms with Crippen LogP contribution in [0.4, 0.5) is 0 Å². The first-order valence-electron chi connectivity index (χ1n) is 4.46. The first kappa shape index (κ1) is 17.1. The van der Waals surface area contributed by atoms with E-state index in [0.717, 1.165) is 0 Å². The number of aliphatic hydroxyl groups is 1. The quantitative estimate of drug-likeness (QED) is 0.547. The third-order valence-electron chi connectivity index (χ3n) is 1.97. The van der Waals surface area contributed by atoms with Crippen LogP contribution in [0.5, 0.6) is 0 Å². The minimum atomic E-state index is -1.23. The van der Waals surface area contributed by atoms with Gasteiger partial charge in [-0.25, -0.2) is 0 Å². The molecule has 94 valence electrons. The maximum absolute atomic E-state index is 9.88. The zero-order valence-corrected chi connectivity index (χ0v) is 13.2. The smallest absolute Gasteiger partial charge is 0.101 e. The molecule has 0 saturated heterocycles. The summed E-state index contributed by atoms with van der Waals surface area (Å²) in [5.74, 6) is 0.243. The molecule has 0 saturated carbocycles. The molecule has 0 aliphatic rings. The molecule has 0 rings (SSSR count). The van der Waals surface area contributed by atoms with Gasteiger partial charge in [0.25, 0.3) is 0 Å². The third kappa shape index (κ3) is 5.61. The molecule has 0 spiro atoms. The highest BCUT2D eigenvalue weighted by molar-refractivity contribution is 9.09. The van der Waals surface area contributed by atoms with Crippen molar-refractivity contribution >= 4 is 62.3 Å². The van der Waals surface area contributed by atoms with Crippen molar-refractivity contribution in [2.45, 2.75) is 22.8 Å². The molecular weight excluding hydrogens is 358 g/mol. The Labute approximate surface area is 125 Å². The van der Waals surface area contributed by atoms with E-state index in [9.17, 15) is 5.11 Å². The lowest BCUT2D eigenvalue weighted by molar-refractivity contribution is 0.119. The van der Waals surface area contributed by atoms with Crippen molar-refractivity contribution in [2.24, 2.45) is 0 Å². The van der Waals surface area contributed by atoms with E-state index >= 15 is 0 Å². The number of rotatable bonds is 6. The van der Waals surface area contributed by atoms with Crippen molar-refractivity contribution < 1.29 is 5.11 Å². The Kier molecular flexibility index (Phi) is 8.01. The Hall–Kier alpha value is 1.08. The van der Waals surface area contributed by atoms with Gasteiger partial charge < -0.3 is 5.11 Å². The lowest BCUT2D eigenvalue weighted by Gasteiger charge is -2.24. The van der Waals surface area contributed by atoms with Crippen LogP contribution in [0.2, 0.25) is 0 Å². The predicted molar refractivity (Wildman–Crippen MR) is 77.5 cm³/mol.